The Morgan fingerprint density at radius 1 is 0.500 bits per heavy atom. The highest BCUT2D eigenvalue weighted by Crippen LogP contribution is 2.15. The SMILES string of the molecule is CC[C@H](C)[C@H](NC(=O)[C@H](CO)NC(=O)[C@H](CCCCN)NC(=O)[C@H](CC(C)C)NC(=O)[C@H](CC(C)C)NC(=O)[C@@H](N)CC(=O)O)C(=O)N[C@H](C(=O)N[C@@H](CCCN=C(N)N)C(=O)N[C@H](C(=O)O)C(C)C)[C@@H](C)CC. The van der Waals surface area contributed by atoms with Crippen molar-refractivity contribution < 1.29 is 63.3 Å². The van der Waals surface area contributed by atoms with Gasteiger partial charge in [-0.3, -0.25) is 48.1 Å². The molecule has 0 aromatic rings. The molecule has 0 spiro atoms. The Bertz CT molecular complexity index is 1880. The van der Waals surface area contributed by atoms with E-state index in [2.05, 4.69) is 47.5 Å². The molecule has 0 aliphatic heterocycles. The molecule has 0 aliphatic rings. The van der Waals surface area contributed by atoms with Crippen LogP contribution in [0.15, 0.2) is 4.99 Å². The number of aliphatic carboxylic acids is 2. The van der Waals surface area contributed by atoms with E-state index < -0.39 is 144 Å². The molecule has 0 radical (unpaired) electrons. The van der Waals surface area contributed by atoms with E-state index in [-0.39, 0.29) is 63.0 Å². The number of nitrogens with two attached hydrogens (primary N) is 4. The fourth-order valence-corrected chi connectivity index (χ4v) is 7.44. The van der Waals surface area contributed by atoms with Crippen LogP contribution < -0.4 is 65.5 Å². The lowest BCUT2D eigenvalue weighted by Crippen LogP contribution is -2.62. The predicted octanol–water partition coefficient (Wildman–Crippen LogP) is -2.23. The van der Waals surface area contributed by atoms with Crippen molar-refractivity contribution in [2.75, 3.05) is 19.7 Å². The van der Waals surface area contributed by atoms with Gasteiger partial charge in [-0.1, -0.05) is 82.1 Å². The molecule has 74 heavy (non-hydrogen) atoms. The molecule has 26 nitrogen and oxygen atoms in total. The smallest absolute Gasteiger partial charge is 0.326 e. The summed E-state index contributed by atoms with van der Waals surface area (Å²) >= 11 is 0. The van der Waals surface area contributed by atoms with Gasteiger partial charge in [-0.2, -0.15) is 0 Å². The molecule has 424 valence electrons. The van der Waals surface area contributed by atoms with Crippen molar-refractivity contribution in [3.8, 4) is 0 Å². The number of nitrogens with one attached hydrogen (secondary N) is 8. The van der Waals surface area contributed by atoms with E-state index in [1.165, 1.54) is 0 Å². The second-order valence-electron chi connectivity index (χ2n) is 20.0. The molecule has 0 aromatic heterocycles. The van der Waals surface area contributed by atoms with E-state index in [1.54, 1.807) is 69.2 Å². The lowest BCUT2D eigenvalue weighted by Gasteiger charge is -2.31. The largest absolute Gasteiger partial charge is 0.481 e. The molecule has 19 N–H and O–H groups in total. The number of unbranched alkanes of at least 4 members (excludes halogenated alkanes) is 1. The fraction of sp³-hybridized carbons (Fsp3) is 0.771. The second-order valence-corrected chi connectivity index (χ2v) is 20.0. The Kier molecular flexibility index (Phi) is 32.2. The molecule has 0 bridgehead atoms. The van der Waals surface area contributed by atoms with Crippen LogP contribution in [0.2, 0.25) is 0 Å². The van der Waals surface area contributed by atoms with Crippen LogP contribution in [0.25, 0.3) is 0 Å². The van der Waals surface area contributed by atoms with Crippen LogP contribution >= 0.6 is 0 Å². The lowest BCUT2D eigenvalue weighted by atomic mass is 9.94. The zero-order valence-electron chi connectivity index (χ0n) is 45.0. The zero-order valence-corrected chi connectivity index (χ0v) is 45.0. The van der Waals surface area contributed by atoms with Gasteiger partial charge in [0.15, 0.2) is 5.96 Å². The van der Waals surface area contributed by atoms with Crippen LogP contribution in [0.4, 0.5) is 0 Å². The molecule has 11 atom stereocenters. The molecule has 8 amide bonds. The minimum absolute atomic E-state index is 0.0119. The number of carboxylic acids is 2. The number of hydrogen-bond donors (Lipinski definition) is 15. The van der Waals surface area contributed by atoms with E-state index in [0.717, 1.165) is 0 Å². The van der Waals surface area contributed by atoms with E-state index in [1.807, 2.05) is 0 Å². The van der Waals surface area contributed by atoms with Crippen LogP contribution in [0.5, 0.6) is 0 Å². The van der Waals surface area contributed by atoms with Crippen LogP contribution in [-0.4, -0.2) is 155 Å². The number of aliphatic hydroxyl groups is 1. The molecule has 0 fully saturated rings. The van der Waals surface area contributed by atoms with Gasteiger partial charge in [-0.15, -0.1) is 0 Å². The molecule has 0 aromatic carbocycles. The molecular weight excluding hydrogens is 967 g/mol. The third kappa shape index (κ3) is 25.7. The molecule has 0 rings (SSSR count). The van der Waals surface area contributed by atoms with Gasteiger partial charge in [0.05, 0.1) is 19.1 Å². The summed E-state index contributed by atoms with van der Waals surface area (Å²) in [5.41, 5.74) is 22.3. The van der Waals surface area contributed by atoms with Gasteiger partial charge in [-0.25, -0.2) is 4.79 Å². The van der Waals surface area contributed by atoms with Crippen LogP contribution in [0, 0.1) is 29.6 Å². The number of nitrogens with zero attached hydrogens (tertiary/aromatic N) is 1. The van der Waals surface area contributed by atoms with Gasteiger partial charge in [0, 0.05) is 6.54 Å². The maximum absolute atomic E-state index is 14.2. The number of rotatable bonds is 37. The van der Waals surface area contributed by atoms with Crippen molar-refractivity contribution in [1.29, 1.82) is 0 Å². The number of hydrogen-bond acceptors (Lipinski definition) is 14. The highest BCUT2D eigenvalue weighted by atomic mass is 16.4. The minimum atomic E-state index is -1.66. The number of aliphatic hydroxyl groups excluding tert-OH is 1. The van der Waals surface area contributed by atoms with Crippen molar-refractivity contribution in [2.24, 2.45) is 57.5 Å². The van der Waals surface area contributed by atoms with Gasteiger partial charge in [-0.05, 0) is 81.1 Å². The van der Waals surface area contributed by atoms with E-state index in [4.69, 9.17) is 28.0 Å². The summed E-state index contributed by atoms with van der Waals surface area (Å²) in [6.45, 7) is 16.6. The topological polar surface area (TPSA) is 444 Å². The number of carbonyl (C=O) groups excluding carboxylic acids is 8. The summed E-state index contributed by atoms with van der Waals surface area (Å²) in [6, 6.07) is -12.1. The molecule has 26 heteroatoms. The zero-order chi connectivity index (χ0) is 57.0. The summed E-state index contributed by atoms with van der Waals surface area (Å²) in [6.07, 6.45) is 1.17. The van der Waals surface area contributed by atoms with Crippen LogP contribution in [-0.2, 0) is 47.9 Å². The molecule has 0 heterocycles. The standard InChI is InChI=1S/C48H89N13O13/c1-11-27(9)37(45(71)55-31(17-15-19-53-48(51)52)41(67)59-36(26(7)8)47(73)74)61-46(72)38(28(10)12-2)60-44(70)34(23-62)58-40(66)30(16-13-14-18-49)54-42(68)33(21-25(5)6)57-43(69)32(20-24(3)4)56-39(65)29(50)22-35(63)64/h24-34,36-38,62H,11-23,49-50H2,1-10H3,(H,54,68)(H,55,71)(H,56,65)(H,57,69)(H,58,66)(H,59,67)(H,60,70)(H,61,72)(H,63,64)(H,73,74)(H4,51,52,53)/t27-,28-,29-,30-,31-,32-,33-,34-,36-,37-,38-/m0/s1. The number of carbonyl (C=O) groups is 10. The molecule has 0 unspecified atom stereocenters. The monoisotopic (exact) mass is 1060 g/mol. The first-order chi connectivity index (χ1) is 34.5. The van der Waals surface area contributed by atoms with E-state index in [0.29, 0.717) is 25.7 Å². The lowest BCUT2D eigenvalue weighted by molar-refractivity contribution is -0.143. The highest BCUT2D eigenvalue weighted by molar-refractivity contribution is 5.98. The van der Waals surface area contributed by atoms with E-state index >= 15 is 0 Å². The average molecular weight is 1060 g/mol. The Hall–Kier alpha value is -6.15. The molecule has 0 saturated carbocycles. The summed E-state index contributed by atoms with van der Waals surface area (Å²) in [7, 11) is 0. The summed E-state index contributed by atoms with van der Waals surface area (Å²) in [5, 5.41) is 49.9. The minimum Gasteiger partial charge on any atom is -0.481 e. The van der Waals surface area contributed by atoms with Gasteiger partial charge in [0.2, 0.25) is 47.3 Å². The number of amides is 8. The van der Waals surface area contributed by atoms with Crippen molar-refractivity contribution in [3.05, 3.63) is 0 Å². The Balaban J connectivity index is 6.63. The van der Waals surface area contributed by atoms with E-state index in [9.17, 15) is 58.2 Å². The van der Waals surface area contributed by atoms with Crippen LogP contribution in [0.1, 0.15) is 133 Å². The highest BCUT2D eigenvalue weighted by Gasteiger charge is 2.37. The first-order valence-electron chi connectivity index (χ1n) is 25.5. The summed E-state index contributed by atoms with van der Waals surface area (Å²) < 4.78 is 0. The maximum atomic E-state index is 14.2. The van der Waals surface area contributed by atoms with Gasteiger partial charge in [0.1, 0.15) is 48.3 Å². The van der Waals surface area contributed by atoms with Gasteiger partial charge in [0.25, 0.3) is 0 Å². The third-order valence-electron chi connectivity index (χ3n) is 12.2. The first kappa shape index (κ1) is 67.8. The number of guanidine groups is 1. The number of carboxylic acid groups (broad SMARTS) is 2. The Morgan fingerprint density at radius 3 is 1.30 bits per heavy atom. The first-order valence-corrected chi connectivity index (χ1v) is 25.5. The summed E-state index contributed by atoms with van der Waals surface area (Å²) in [5.74, 6) is -11.4. The molecular formula is C48H89N13O13. The third-order valence-corrected chi connectivity index (χ3v) is 12.2. The Morgan fingerprint density at radius 2 is 0.878 bits per heavy atom. The fourth-order valence-electron chi connectivity index (χ4n) is 7.44. The predicted molar refractivity (Wildman–Crippen MR) is 276 cm³/mol. The number of aliphatic imine (C=N–C) groups is 1. The van der Waals surface area contributed by atoms with Crippen molar-refractivity contribution in [2.45, 2.75) is 188 Å². The molecule has 0 saturated heterocycles. The van der Waals surface area contributed by atoms with Crippen molar-refractivity contribution >= 4 is 65.2 Å². The Labute approximate surface area is 435 Å². The quantitative estimate of drug-likeness (QED) is 0.0178. The second kappa shape index (κ2) is 35.1. The van der Waals surface area contributed by atoms with Crippen molar-refractivity contribution in [1.82, 2.24) is 42.5 Å². The van der Waals surface area contributed by atoms with Crippen molar-refractivity contribution in [3.63, 3.8) is 0 Å². The maximum Gasteiger partial charge on any atom is 0.326 e. The molecule has 0 aliphatic carbocycles. The van der Waals surface area contributed by atoms with Gasteiger partial charge < -0.3 is 80.8 Å². The van der Waals surface area contributed by atoms with Crippen LogP contribution in [0.3, 0.4) is 0 Å². The summed E-state index contributed by atoms with van der Waals surface area (Å²) in [4.78, 5) is 137. The average Bonchev–Trinajstić information content (AvgIpc) is 3.31. The normalized spacial score (nSPS) is 15.8. The van der Waals surface area contributed by atoms with Gasteiger partial charge >= 0.3 is 11.9 Å².